The molecule has 54 heavy (non-hydrogen) atoms. The summed E-state index contributed by atoms with van der Waals surface area (Å²) in [5.41, 5.74) is -2.07. The Labute approximate surface area is 301 Å². The Bertz CT molecular complexity index is 2190. The highest BCUT2D eigenvalue weighted by Gasteiger charge is 2.58. The Hall–Kier alpha value is -5.95. The lowest BCUT2D eigenvalue weighted by molar-refractivity contribution is -0.208. The Morgan fingerprint density at radius 3 is 1.91 bits per heavy atom. The number of halogens is 7. The minimum atomic E-state index is -4.85. The van der Waals surface area contributed by atoms with Gasteiger partial charge in [0, 0.05) is 60.9 Å². The van der Waals surface area contributed by atoms with E-state index in [0.717, 1.165) is 51.5 Å². The van der Waals surface area contributed by atoms with Crippen molar-refractivity contribution in [1.29, 1.82) is 0 Å². The standard InChI is InChI=1S/C35H29F7N10O2/c36-24-4-11-28(29(37)17-24)33(54,20-51-21-44-46-48-51)34(38,39)31-12-3-23(18-43-31)22-1-5-25(6-2-22)49-13-15-50(16-14-49)26-7-9-27(10-8-26)52-19-30(45-47-52)32(53)35(40,41)42/h1-12,17-19,21,32,53-54H,13-16,20H2/t32?,33-/m0/s1. The van der Waals surface area contributed by atoms with Crippen LogP contribution in [0.2, 0.25) is 0 Å². The molecular formula is C35H29F7N10O2. The maximum absolute atomic E-state index is 16.1. The van der Waals surface area contributed by atoms with E-state index in [1.807, 2.05) is 36.4 Å². The van der Waals surface area contributed by atoms with Gasteiger partial charge in [0.2, 0.25) is 0 Å². The van der Waals surface area contributed by atoms with Crippen LogP contribution in [0.4, 0.5) is 42.1 Å². The Morgan fingerprint density at radius 2 is 1.35 bits per heavy atom. The molecule has 3 aromatic carbocycles. The van der Waals surface area contributed by atoms with Gasteiger partial charge in [-0.3, -0.25) is 4.98 Å². The molecule has 2 N–H and O–H groups in total. The van der Waals surface area contributed by atoms with Gasteiger partial charge < -0.3 is 20.0 Å². The van der Waals surface area contributed by atoms with E-state index >= 15 is 8.78 Å². The summed E-state index contributed by atoms with van der Waals surface area (Å²) in [4.78, 5) is 8.28. The van der Waals surface area contributed by atoms with E-state index in [2.05, 4.69) is 40.6 Å². The first-order valence-corrected chi connectivity index (χ1v) is 16.3. The van der Waals surface area contributed by atoms with Crippen LogP contribution in [0.3, 0.4) is 0 Å². The number of hydrogen-bond donors (Lipinski definition) is 2. The third-order valence-electron chi connectivity index (χ3n) is 9.19. The number of aliphatic hydroxyl groups is 2. The molecule has 1 fully saturated rings. The second-order valence-corrected chi connectivity index (χ2v) is 12.6. The van der Waals surface area contributed by atoms with Gasteiger partial charge in [0.15, 0.2) is 11.7 Å². The van der Waals surface area contributed by atoms with Gasteiger partial charge in [-0.05, 0) is 70.6 Å². The van der Waals surface area contributed by atoms with Gasteiger partial charge in [-0.1, -0.05) is 23.4 Å². The quantitative estimate of drug-likeness (QED) is 0.180. The lowest BCUT2D eigenvalue weighted by atomic mass is 9.84. The number of anilines is 2. The van der Waals surface area contributed by atoms with Crippen molar-refractivity contribution in [2.24, 2.45) is 0 Å². The lowest BCUT2D eigenvalue weighted by Gasteiger charge is -2.37. The molecule has 4 heterocycles. The Balaban J connectivity index is 0.999. The highest BCUT2D eigenvalue weighted by atomic mass is 19.4. The zero-order valence-corrected chi connectivity index (χ0v) is 27.9. The largest absolute Gasteiger partial charge is 0.420 e. The summed E-state index contributed by atoms with van der Waals surface area (Å²) in [7, 11) is 0. The van der Waals surface area contributed by atoms with Crippen LogP contribution in [0, 0.1) is 11.6 Å². The molecule has 12 nitrogen and oxygen atoms in total. The van der Waals surface area contributed by atoms with Crippen molar-refractivity contribution in [2.45, 2.75) is 30.3 Å². The van der Waals surface area contributed by atoms with Crippen molar-refractivity contribution < 1.29 is 40.9 Å². The average molecular weight is 755 g/mol. The summed E-state index contributed by atoms with van der Waals surface area (Å²) < 4.78 is 101. The van der Waals surface area contributed by atoms with Crippen LogP contribution in [0.15, 0.2) is 97.6 Å². The third kappa shape index (κ3) is 7.06. The molecule has 1 unspecified atom stereocenters. The molecule has 280 valence electrons. The number of aliphatic hydroxyl groups excluding tert-OH is 1. The topological polar surface area (TPSA) is 134 Å². The number of tetrazole rings is 1. The van der Waals surface area contributed by atoms with Gasteiger partial charge >= 0.3 is 12.1 Å². The van der Waals surface area contributed by atoms with Crippen molar-refractivity contribution in [1.82, 2.24) is 40.2 Å². The zero-order valence-electron chi connectivity index (χ0n) is 27.9. The smallest absolute Gasteiger partial charge is 0.378 e. The van der Waals surface area contributed by atoms with Crippen LogP contribution in [-0.4, -0.2) is 82.8 Å². The van der Waals surface area contributed by atoms with E-state index in [1.54, 1.807) is 12.1 Å². The number of piperazine rings is 1. The number of pyridine rings is 1. The zero-order chi connectivity index (χ0) is 38.3. The fourth-order valence-electron chi connectivity index (χ4n) is 6.23. The fraction of sp³-hybridized carbons (Fsp3) is 0.257. The first-order chi connectivity index (χ1) is 25.7. The molecule has 0 amide bonds. The van der Waals surface area contributed by atoms with E-state index in [4.69, 9.17) is 0 Å². The fourth-order valence-corrected chi connectivity index (χ4v) is 6.23. The van der Waals surface area contributed by atoms with Crippen molar-refractivity contribution >= 4 is 11.4 Å². The molecule has 1 aliphatic heterocycles. The monoisotopic (exact) mass is 754 g/mol. The lowest BCUT2D eigenvalue weighted by Crippen LogP contribution is -2.48. The van der Waals surface area contributed by atoms with E-state index < -0.39 is 58.9 Å². The second kappa shape index (κ2) is 14.1. The van der Waals surface area contributed by atoms with Gasteiger partial charge in [-0.25, -0.2) is 18.1 Å². The molecule has 1 aliphatic rings. The molecule has 0 radical (unpaired) electrons. The van der Waals surface area contributed by atoms with Crippen LogP contribution < -0.4 is 9.80 Å². The SMILES string of the molecule is OC(c1cn(-c2ccc(N3CCN(c4ccc(-c5ccc(C(F)(F)[C@](O)(Cn6cnnn6)c6ccc(F)cc6F)nc5)cc4)CC3)cc2)nn1)C(F)(F)F. The highest BCUT2D eigenvalue weighted by molar-refractivity contribution is 5.66. The predicted octanol–water partition coefficient (Wildman–Crippen LogP) is 5.20. The molecule has 7 rings (SSSR count). The van der Waals surface area contributed by atoms with Crippen molar-refractivity contribution in [3.63, 3.8) is 0 Å². The molecule has 2 atom stereocenters. The van der Waals surface area contributed by atoms with Crippen LogP contribution in [0.5, 0.6) is 0 Å². The molecule has 3 aromatic heterocycles. The first-order valence-electron chi connectivity index (χ1n) is 16.3. The van der Waals surface area contributed by atoms with Gasteiger partial charge in [0.1, 0.15) is 29.3 Å². The van der Waals surface area contributed by atoms with E-state index in [9.17, 15) is 32.2 Å². The molecular weight excluding hydrogens is 725 g/mol. The van der Waals surface area contributed by atoms with Gasteiger partial charge in [0.25, 0.3) is 0 Å². The molecule has 0 aliphatic carbocycles. The number of hydrogen-bond acceptors (Lipinski definition) is 10. The number of rotatable bonds is 10. The third-order valence-corrected chi connectivity index (χ3v) is 9.19. The average Bonchev–Trinajstić information content (AvgIpc) is 3.87. The first kappa shape index (κ1) is 36.4. The summed E-state index contributed by atoms with van der Waals surface area (Å²) in [5.74, 6) is -6.57. The molecule has 0 spiro atoms. The maximum Gasteiger partial charge on any atom is 0.420 e. The Kier molecular flexibility index (Phi) is 9.52. The van der Waals surface area contributed by atoms with Crippen LogP contribution >= 0.6 is 0 Å². The second-order valence-electron chi connectivity index (χ2n) is 12.6. The van der Waals surface area contributed by atoms with Crippen molar-refractivity contribution in [3.8, 4) is 16.8 Å². The minimum Gasteiger partial charge on any atom is -0.378 e. The summed E-state index contributed by atoms with van der Waals surface area (Å²) in [5, 5.41) is 38.2. The number of benzene rings is 3. The van der Waals surface area contributed by atoms with Crippen LogP contribution in [-0.2, 0) is 18.1 Å². The molecule has 0 saturated carbocycles. The summed E-state index contributed by atoms with van der Waals surface area (Å²) in [6.45, 7) is 1.74. The number of alkyl halides is 5. The van der Waals surface area contributed by atoms with Gasteiger partial charge in [-0.15, -0.1) is 10.2 Å². The minimum absolute atomic E-state index is 0.399. The summed E-state index contributed by atoms with van der Waals surface area (Å²) in [6, 6.07) is 18.8. The van der Waals surface area contributed by atoms with Crippen LogP contribution in [0.1, 0.15) is 23.1 Å². The number of aromatic nitrogens is 8. The molecule has 6 aromatic rings. The Morgan fingerprint density at radius 1 is 0.741 bits per heavy atom. The van der Waals surface area contributed by atoms with Crippen molar-refractivity contribution in [2.75, 3.05) is 36.0 Å². The summed E-state index contributed by atoms with van der Waals surface area (Å²) >= 11 is 0. The van der Waals surface area contributed by atoms with Crippen molar-refractivity contribution in [3.05, 3.63) is 126 Å². The highest BCUT2D eigenvalue weighted by Crippen LogP contribution is 2.47. The van der Waals surface area contributed by atoms with Crippen LogP contribution in [0.25, 0.3) is 16.8 Å². The summed E-state index contributed by atoms with van der Waals surface area (Å²) in [6.07, 6.45) is -4.35. The molecule has 0 bridgehead atoms. The van der Waals surface area contributed by atoms with Gasteiger partial charge in [-0.2, -0.15) is 22.0 Å². The predicted molar refractivity (Wildman–Crippen MR) is 178 cm³/mol. The van der Waals surface area contributed by atoms with Gasteiger partial charge in [0.05, 0.1) is 18.4 Å². The molecule has 1 saturated heterocycles. The maximum atomic E-state index is 16.1. The van der Waals surface area contributed by atoms with E-state index in [-0.39, 0.29) is 0 Å². The van der Waals surface area contributed by atoms with E-state index in [0.29, 0.717) is 49.1 Å². The molecule has 19 heteroatoms. The number of nitrogens with zero attached hydrogens (tertiary/aromatic N) is 10. The van der Waals surface area contributed by atoms with E-state index in [1.165, 1.54) is 12.3 Å². The normalized spacial score (nSPS) is 15.6.